The number of nitrogens with one attached hydrogen (secondary N) is 1. The number of rotatable bonds is 6. The molecule has 1 aliphatic heterocycles. The number of methoxy groups -OCH3 is 1. The fraction of sp³-hybridized carbons (Fsp3) is 0.231. The largest absolute Gasteiger partial charge is 0.496 e. The first-order valence-electron chi connectivity index (χ1n) is 10.5. The number of hydrogen-bond donors (Lipinski definition) is 1. The van der Waals surface area contributed by atoms with Crippen molar-refractivity contribution in [2.45, 2.75) is 32.0 Å². The molecule has 0 aliphatic carbocycles. The van der Waals surface area contributed by atoms with E-state index >= 15 is 0 Å². The Bertz CT molecular complexity index is 1150. The normalized spacial score (nSPS) is 17.6. The number of halogens is 1. The van der Waals surface area contributed by atoms with Crippen LogP contribution in [-0.4, -0.2) is 29.4 Å². The van der Waals surface area contributed by atoms with Gasteiger partial charge in [0.2, 0.25) is 5.91 Å². The van der Waals surface area contributed by atoms with E-state index < -0.39 is 5.54 Å². The number of carbonyl (C=O) groups is 2. The molecule has 3 aromatic carbocycles. The molecule has 164 valence electrons. The zero-order valence-electron chi connectivity index (χ0n) is 18.1. The molecule has 4 rings (SSSR count). The predicted octanol–water partition coefficient (Wildman–Crippen LogP) is 4.11. The highest BCUT2D eigenvalue weighted by atomic mass is 19.1. The lowest BCUT2D eigenvalue weighted by Crippen LogP contribution is -2.62. The van der Waals surface area contributed by atoms with E-state index in [1.54, 1.807) is 37.1 Å². The molecular weight excluding hydrogens is 407 g/mol. The summed E-state index contributed by atoms with van der Waals surface area (Å²) in [6, 6.07) is 20.8. The molecular formula is C26H25FN2O3. The monoisotopic (exact) mass is 432 g/mol. The summed E-state index contributed by atoms with van der Waals surface area (Å²) in [5.74, 6) is -0.132. The summed E-state index contributed by atoms with van der Waals surface area (Å²) < 4.78 is 18.8. The molecule has 2 amide bonds. The summed E-state index contributed by atoms with van der Waals surface area (Å²) in [6.07, 6.45) is 0.383. The van der Waals surface area contributed by atoms with Gasteiger partial charge in [-0.2, -0.15) is 0 Å². The first-order valence-corrected chi connectivity index (χ1v) is 10.5. The SMILES string of the molecule is COc1ccccc1CNC(=O)[C@]1(C)Cc2ccccc2C(=O)N1Cc1ccc(F)cc1. The molecule has 0 bridgehead atoms. The molecule has 0 unspecified atom stereocenters. The van der Waals surface area contributed by atoms with E-state index in [0.717, 1.165) is 16.7 Å². The molecule has 0 saturated carbocycles. The van der Waals surface area contributed by atoms with E-state index in [4.69, 9.17) is 4.74 Å². The van der Waals surface area contributed by atoms with Crippen LogP contribution in [0.2, 0.25) is 0 Å². The van der Waals surface area contributed by atoms with Crippen molar-refractivity contribution in [1.82, 2.24) is 10.2 Å². The van der Waals surface area contributed by atoms with E-state index in [1.807, 2.05) is 42.5 Å². The molecule has 3 aromatic rings. The Hall–Kier alpha value is -3.67. The van der Waals surface area contributed by atoms with Gasteiger partial charge >= 0.3 is 0 Å². The van der Waals surface area contributed by atoms with E-state index in [0.29, 0.717) is 17.7 Å². The second-order valence-electron chi connectivity index (χ2n) is 8.12. The molecule has 0 fully saturated rings. The van der Waals surface area contributed by atoms with Crippen LogP contribution < -0.4 is 10.1 Å². The quantitative estimate of drug-likeness (QED) is 0.638. The Kier molecular flexibility index (Phi) is 5.95. The molecule has 1 heterocycles. The Morgan fingerprint density at radius 2 is 1.75 bits per heavy atom. The fourth-order valence-electron chi connectivity index (χ4n) is 4.16. The standard InChI is InChI=1S/C26H25FN2O3/c1-26(25(31)28-16-20-8-4-6-10-23(20)32-2)15-19-7-3-5-9-22(19)24(30)29(26)17-18-11-13-21(27)14-12-18/h3-14H,15-17H2,1-2H3,(H,28,31)/t26-/m0/s1. The maximum absolute atomic E-state index is 13.5. The molecule has 5 nitrogen and oxygen atoms in total. The van der Waals surface area contributed by atoms with Crippen molar-refractivity contribution < 1.29 is 18.7 Å². The number of nitrogens with zero attached hydrogens (tertiary/aromatic N) is 1. The maximum Gasteiger partial charge on any atom is 0.255 e. The third-order valence-corrected chi connectivity index (χ3v) is 6.00. The van der Waals surface area contributed by atoms with Gasteiger partial charge in [-0.25, -0.2) is 4.39 Å². The second-order valence-corrected chi connectivity index (χ2v) is 8.12. The van der Waals surface area contributed by atoms with Crippen LogP contribution in [0.25, 0.3) is 0 Å². The van der Waals surface area contributed by atoms with Crippen molar-refractivity contribution in [2.24, 2.45) is 0 Å². The maximum atomic E-state index is 13.5. The van der Waals surface area contributed by atoms with E-state index in [9.17, 15) is 14.0 Å². The molecule has 0 spiro atoms. The van der Waals surface area contributed by atoms with E-state index in [-0.39, 0.29) is 30.7 Å². The molecule has 0 radical (unpaired) electrons. The zero-order chi connectivity index (χ0) is 22.7. The number of hydrogen-bond acceptors (Lipinski definition) is 3. The van der Waals surface area contributed by atoms with Crippen molar-refractivity contribution in [3.05, 3.63) is 101 Å². The zero-order valence-corrected chi connectivity index (χ0v) is 18.1. The van der Waals surface area contributed by atoms with E-state index in [1.165, 1.54) is 12.1 Å². The molecule has 1 N–H and O–H groups in total. The summed E-state index contributed by atoms with van der Waals surface area (Å²) in [5, 5.41) is 2.99. The molecule has 0 saturated heterocycles. The molecule has 6 heteroatoms. The number of carbonyl (C=O) groups excluding carboxylic acids is 2. The lowest BCUT2D eigenvalue weighted by atomic mass is 9.82. The average Bonchev–Trinajstić information content (AvgIpc) is 2.81. The highest BCUT2D eigenvalue weighted by molar-refractivity contribution is 6.02. The van der Waals surface area contributed by atoms with E-state index in [2.05, 4.69) is 5.32 Å². The smallest absolute Gasteiger partial charge is 0.255 e. The average molecular weight is 432 g/mol. The lowest BCUT2D eigenvalue weighted by Gasteiger charge is -2.44. The van der Waals surface area contributed by atoms with Crippen LogP contribution in [0.3, 0.4) is 0 Å². The van der Waals surface area contributed by atoms with Crippen LogP contribution >= 0.6 is 0 Å². The van der Waals surface area contributed by atoms with Gasteiger partial charge in [-0.05, 0) is 42.3 Å². The Morgan fingerprint density at radius 1 is 1.06 bits per heavy atom. The summed E-state index contributed by atoms with van der Waals surface area (Å²) in [4.78, 5) is 28.5. The van der Waals surface area contributed by atoms with Crippen molar-refractivity contribution in [2.75, 3.05) is 7.11 Å². The van der Waals surface area contributed by atoms with Gasteiger partial charge in [-0.3, -0.25) is 9.59 Å². The first-order chi connectivity index (χ1) is 15.4. The van der Waals surface area contributed by atoms with Gasteiger partial charge in [-0.1, -0.05) is 48.5 Å². The van der Waals surface area contributed by atoms with Crippen molar-refractivity contribution >= 4 is 11.8 Å². The minimum absolute atomic E-state index is 0.200. The Morgan fingerprint density at radius 3 is 2.50 bits per heavy atom. The van der Waals surface area contributed by atoms with Crippen molar-refractivity contribution in [1.29, 1.82) is 0 Å². The van der Waals surface area contributed by atoms with Crippen LogP contribution in [0.5, 0.6) is 5.75 Å². The van der Waals surface area contributed by atoms with Gasteiger partial charge in [0.15, 0.2) is 0 Å². The van der Waals surface area contributed by atoms with Crippen LogP contribution in [0.15, 0.2) is 72.8 Å². The van der Waals surface area contributed by atoms with Gasteiger partial charge in [0.05, 0.1) is 7.11 Å². The number of benzene rings is 3. The minimum atomic E-state index is -1.11. The number of fused-ring (bicyclic) bond motifs is 1. The lowest BCUT2D eigenvalue weighted by molar-refractivity contribution is -0.132. The summed E-state index contributed by atoms with van der Waals surface area (Å²) in [6.45, 7) is 2.26. The number of para-hydroxylation sites is 1. The Labute approximate surface area is 186 Å². The van der Waals surface area contributed by atoms with Crippen molar-refractivity contribution in [3.8, 4) is 5.75 Å². The van der Waals surface area contributed by atoms with Crippen molar-refractivity contribution in [3.63, 3.8) is 0 Å². The van der Waals surface area contributed by atoms with Gasteiger partial charge < -0.3 is 15.0 Å². The molecule has 32 heavy (non-hydrogen) atoms. The van der Waals surface area contributed by atoms with Crippen LogP contribution in [0.1, 0.15) is 34.0 Å². The minimum Gasteiger partial charge on any atom is -0.496 e. The van der Waals surface area contributed by atoms with Gasteiger partial charge in [0.1, 0.15) is 17.1 Å². The first kappa shape index (κ1) is 21.6. The highest BCUT2D eigenvalue weighted by Gasteiger charge is 2.46. The second kappa shape index (κ2) is 8.83. The topological polar surface area (TPSA) is 58.6 Å². The summed E-state index contributed by atoms with van der Waals surface area (Å²) in [5.41, 5.74) is 1.91. The Balaban J connectivity index is 1.64. The highest BCUT2D eigenvalue weighted by Crippen LogP contribution is 2.33. The van der Waals surface area contributed by atoms with Gasteiger partial charge in [0.25, 0.3) is 5.91 Å². The third-order valence-electron chi connectivity index (χ3n) is 6.00. The summed E-state index contributed by atoms with van der Waals surface area (Å²) in [7, 11) is 1.59. The molecule has 1 aliphatic rings. The number of ether oxygens (including phenoxy) is 1. The fourth-order valence-corrected chi connectivity index (χ4v) is 4.16. The summed E-state index contributed by atoms with van der Waals surface area (Å²) >= 11 is 0. The van der Waals surface area contributed by atoms with Crippen LogP contribution in [0, 0.1) is 5.82 Å². The molecule has 1 atom stereocenters. The number of amides is 2. The van der Waals surface area contributed by atoms with Gasteiger partial charge in [-0.15, -0.1) is 0 Å². The third kappa shape index (κ3) is 4.08. The molecule has 0 aromatic heterocycles. The predicted molar refractivity (Wildman–Crippen MR) is 120 cm³/mol. The van der Waals surface area contributed by atoms with Gasteiger partial charge in [0, 0.05) is 30.6 Å². The van der Waals surface area contributed by atoms with Crippen LogP contribution in [-0.2, 0) is 24.3 Å². The van der Waals surface area contributed by atoms with Crippen LogP contribution in [0.4, 0.5) is 4.39 Å².